The van der Waals surface area contributed by atoms with Gasteiger partial charge in [-0.25, -0.2) is 4.79 Å². The quantitative estimate of drug-likeness (QED) is 0.689. The molecular formula is C21H18O3. The van der Waals surface area contributed by atoms with Crippen LogP contribution < -0.4 is 5.63 Å². The number of ketones is 1. The van der Waals surface area contributed by atoms with Gasteiger partial charge in [0, 0.05) is 24.5 Å². The van der Waals surface area contributed by atoms with E-state index in [0.717, 1.165) is 16.7 Å². The standard InChI is InChI=1S/C21H18O3/c22-19(15-16-7-3-1-4-8-16)13-11-18-12-14-20(23)24-21(18)17-9-5-2-6-10-17/h1-10,12,14H,11,13,15H2. The van der Waals surface area contributed by atoms with Gasteiger partial charge in [-0.1, -0.05) is 60.7 Å². The smallest absolute Gasteiger partial charge is 0.336 e. The molecular weight excluding hydrogens is 300 g/mol. The second-order valence-electron chi connectivity index (χ2n) is 5.68. The summed E-state index contributed by atoms with van der Waals surface area (Å²) in [6, 6.07) is 22.4. The Balaban J connectivity index is 1.74. The van der Waals surface area contributed by atoms with E-state index in [9.17, 15) is 9.59 Å². The van der Waals surface area contributed by atoms with E-state index in [4.69, 9.17) is 4.42 Å². The van der Waals surface area contributed by atoms with E-state index in [1.54, 1.807) is 6.07 Å². The lowest BCUT2D eigenvalue weighted by Gasteiger charge is -2.07. The van der Waals surface area contributed by atoms with Crippen molar-refractivity contribution in [3.05, 3.63) is 94.3 Å². The molecule has 2 aromatic carbocycles. The second-order valence-corrected chi connectivity index (χ2v) is 5.68. The highest BCUT2D eigenvalue weighted by atomic mass is 16.4. The number of aryl methyl sites for hydroxylation is 1. The molecule has 1 aromatic heterocycles. The number of carbonyl (C=O) groups excluding carboxylic acids is 1. The first-order valence-electron chi connectivity index (χ1n) is 7.96. The summed E-state index contributed by atoms with van der Waals surface area (Å²) in [6.45, 7) is 0. The Hall–Kier alpha value is -2.94. The van der Waals surface area contributed by atoms with Crippen molar-refractivity contribution < 1.29 is 9.21 Å². The monoisotopic (exact) mass is 318 g/mol. The molecule has 120 valence electrons. The zero-order valence-corrected chi connectivity index (χ0v) is 13.3. The minimum absolute atomic E-state index is 0.173. The van der Waals surface area contributed by atoms with Gasteiger partial charge in [0.15, 0.2) is 0 Å². The number of Topliss-reactive ketones (excluding diaryl/α,β-unsaturated/α-hetero) is 1. The third-order valence-corrected chi connectivity index (χ3v) is 3.87. The normalized spacial score (nSPS) is 10.5. The highest BCUT2D eigenvalue weighted by Gasteiger charge is 2.11. The SMILES string of the molecule is O=C(CCc1ccc(=O)oc1-c1ccccc1)Cc1ccccc1. The molecule has 1 heterocycles. The van der Waals surface area contributed by atoms with E-state index in [1.807, 2.05) is 60.7 Å². The number of hydrogen-bond donors (Lipinski definition) is 0. The molecule has 0 unspecified atom stereocenters. The highest BCUT2D eigenvalue weighted by Crippen LogP contribution is 2.23. The molecule has 0 amide bonds. The lowest BCUT2D eigenvalue weighted by atomic mass is 10.00. The van der Waals surface area contributed by atoms with Gasteiger partial charge in [-0.3, -0.25) is 4.79 Å². The fraction of sp³-hybridized carbons (Fsp3) is 0.143. The van der Waals surface area contributed by atoms with E-state index in [0.29, 0.717) is 25.0 Å². The highest BCUT2D eigenvalue weighted by molar-refractivity contribution is 5.81. The first kappa shape index (κ1) is 15.9. The van der Waals surface area contributed by atoms with Gasteiger partial charge < -0.3 is 4.42 Å². The molecule has 3 nitrogen and oxygen atoms in total. The fourth-order valence-corrected chi connectivity index (χ4v) is 2.66. The van der Waals surface area contributed by atoms with Gasteiger partial charge in [0.25, 0.3) is 0 Å². The Morgan fingerprint density at radius 3 is 2.21 bits per heavy atom. The van der Waals surface area contributed by atoms with E-state index < -0.39 is 0 Å². The summed E-state index contributed by atoms with van der Waals surface area (Å²) in [4.78, 5) is 23.8. The molecule has 0 N–H and O–H groups in total. The molecule has 0 aliphatic heterocycles. The zero-order valence-electron chi connectivity index (χ0n) is 13.3. The van der Waals surface area contributed by atoms with E-state index in [2.05, 4.69) is 0 Å². The van der Waals surface area contributed by atoms with Gasteiger partial charge >= 0.3 is 5.63 Å². The van der Waals surface area contributed by atoms with Gasteiger partial charge in [-0.15, -0.1) is 0 Å². The number of benzene rings is 2. The maximum Gasteiger partial charge on any atom is 0.336 e. The van der Waals surface area contributed by atoms with Crippen molar-refractivity contribution in [2.24, 2.45) is 0 Å². The van der Waals surface area contributed by atoms with Gasteiger partial charge in [-0.05, 0) is 23.6 Å². The Bertz CT molecular complexity index is 864. The second kappa shape index (κ2) is 7.55. The summed E-state index contributed by atoms with van der Waals surface area (Å²) in [5.74, 6) is 0.724. The number of rotatable bonds is 6. The van der Waals surface area contributed by atoms with Crippen molar-refractivity contribution in [3.8, 4) is 11.3 Å². The largest absolute Gasteiger partial charge is 0.422 e. The molecule has 0 fully saturated rings. The Labute approximate surface area is 140 Å². The molecule has 0 aliphatic rings. The molecule has 3 aromatic rings. The third-order valence-electron chi connectivity index (χ3n) is 3.87. The van der Waals surface area contributed by atoms with Gasteiger partial charge in [-0.2, -0.15) is 0 Å². The zero-order chi connectivity index (χ0) is 16.8. The summed E-state index contributed by atoms with van der Waals surface area (Å²) in [5.41, 5.74) is 2.36. The maximum atomic E-state index is 12.2. The predicted octanol–water partition coefficient (Wildman–Crippen LogP) is 4.05. The summed E-state index contributed by atoms with van der Waals surface area (Å²) >= 11 is 0. The molecule has 0 bridgehead atoms. The van der Waals surface area contributed by atoms with Crippen LogP contribution in [-0.2, 0) is 17.6 Å². The summed E-state index contributed by atoms with van der Waals surface area (Å²) in [7, 11) is 0. The Morgan fingerprint density at radius 2 is 1.50 bits per heavy atom. The predicted molar refractivity (Wildman–Crippen MR) is 93.9 cm³/mol. The summed E-state index contributed by atoms with van der Waals surface area (Å²) in [5, 5.41) is 0. The number of hydrogen-bond acceptors (Lipinski definition) is 3. The van der Waals surface area contributed by atoms with Crippen LogP contribution >= 0.6 is 0 Å². The Kier molecular flexibility index (Phi) is 5.02. The molecule has 0 saturated heterocycles. The van der Waals surface area contributed by atoms with Crippen LogP contribution in [0.25, 0.3) is 11.3 Å². The van der Waals surface area contributed by atoms with Gasteiger partial charge in [0.2, 0.25) is 0 Å². The van der Waals surface area contributed by atoms with Crippen molar-refractivity contribution in [1.82, 2.24) is 0 Å². The average Bonchev–Trinajstić information content (AvgIpc) is 2.62. The lowest BCUT2D eigenvalue weighted by molar-refractivity contribution is -0.118. The molecule has 0 radical (unpaired) electrons. The van der Waals surface area contributed by atoms with Gasteiger partial charge in [0.05, 0.1) is 0 Å². The van der Waals surface area contributed by atoms with Gasteiger partial charge in [0.1, 0.15) is 11.5 Å². The molecule has 0 atom stereocenters. The minimum Gasteiger partial charge on any atom is -0.422 e. The molecule has 24 heavy (non-hydrogen) atoms. The minimum atomic E-state index is -0.381. The van der Waals surface area contributed by atoms with Crippen LogP contribution in [0.15, 0.2) is 82.0 Å². The molecule has 3 rings (SSSR count). The topological polar surface area (TPSA) is 47.3 Å². The fourth-order valence-electron chi connectivity index (χ4n) is 2.66. The molecule has 0 saturated carbocycles. The van der Waals surface area contributed by atoms with Crippen LogP contribution in [0.4, 0.5) is 0 Å². The van der Waals surface area contributed by atoms with Crippen molar-refractivity contribution in [1.29, 1.82) is 0 Å². The van der Waals surface area contributed by atoms with E-state index in [-0.39, 0.29) is 11.4 Å². The van der Waals surface area contributed by atoms with E-state index in [1.165, 1.54) is 6.07 Å². The van der Waals surface area contributed by atoms with Crippen LogP contribution in [0.3, 0.4) is 0 Å². The number of carbonyl (C=O) groups is 1. The lowest BCUT2D eigenvalue weighted by Crippen LogP contribution is -2.06. The summed E-state index contributed by atoms with van der Waals surface area (Å²) in [6.07, 6.45) is 1.40. The van der Waals surface area contributed by atoms with Crippen LogP contribution in [0.2, 0.25) is 0 Å². The van der Waals surface area contributed by atoms with Crippen LogP contribution in [0.1, 0.15) is 17.5 Å². The van der Waals surface area contributed by atoms with Crippen molar-refractivity contribution in [3.63, 3.8) is 0 Å². The van der Waals surface area contributed by atoms with Crippen molar-refractivity contribution in [2.75, 3.05) is 0 Å². The summed E-state index contributed by atoms with van der Waals surface area (Å²) < 4.78 is 5.38. The maximum absolute atomic E-state index is 12.2. The van der Waals surface area contributed by atoms with Crippen molar-refractivity contribution >= 4 is 5.78 Å². The first-order valence-corrected chi connectivity index (χ1v) is 7.96. The molecule has 3 heteroatoms. The van der Waals surface area contributed by atoms with Crippen molar-refractivity contribution in [2.45, 2.75) is 19.3 Å². The first-order chi connectivity index (χ1) is 11.7. The Morgan fingerprint density at radius 1 is 0.833 bits per heavy atom. The van der Waals surface area contributed by atoms with E-state index >= 15 is 0 Å². The van der Waals surface area contributed by atoms with Crippen LogP contribution in [-0.4, -0.2) is 5.78 Å². The van der Waals surface area contributed by atoms with Crippen LogP contribution in [0.5, 0.6) is 0 Å². The molecule has 0 aliphatic carbocycles. The molecule has 0 spiro atoms. The average molecular weight is 318 g/mol. The van der Waals surface area contributed by atoms with Crippen LogP contribution in [0, 0.1) is 0 Å². The third kappa shape index (κ3) is 4.07.